The summed E-state index contributed by atoms with van der Waals surface area (Å²) in [7, 11) is -2.96. The number of nitrogens with zero attached hydrogens (tertiary/aromatic N) is 2. The molecule has 5 rings (SSSR count). The molecule has 1 fully saturated rings. The number of nitrogens with one attached hydrogen (secondary N) is 1. The zero-order valence-corrected chi connectivity index (χ0v) is 18.0. The topological polar surface area (TPSA) is 102 Å². The highest BCUT2D eigenvalue weighted by atomic mass is 32.2. The summed E-state index contributed by atoms with van der Waals surface area (Å²) in [6.45, 7) is 0. The summed E-state index contributed by atoms with van der Waals surface area (Å²) < 4.78 is 29.8. The standard InChI is InChI=1S/C24H21N3O4S/c28-15-17-7-8-18(14-20(17)23-26-21-5-1-2-6-22(21)27-23)31-24-19(4-3-11-25-24)16-9-12-32(29,30)13-10-16/h1-8,11,14-16H,9-10,12-13H2,(H,26,27). The number of rotatable bonds is 5. The van der Waals surface area contributed by atoms with E-state index in [0.29, 0.717) is 41.4 Å². The van der Waals surface area contributed by atoms with Gasteiger partial charge in [-0.2, -0.15) is 0 Å². The van der Waals surface area contributed by atoms with Crippen LogP contribution in [-0.2, 0) is 9.84 Å². The van der Waals surface area contributed by atoms with Crippen LogP contribution in [0.25, 0.3) is 22.4 Å². The maximum Gasteiger partial charge on any atom is 0.222 e. The van der Waals surface area contributed by atoms with Crippen LogP contribution in [0, 0.1) is 0 Å². The van der Waals surface area contributed by atoms with Gasteiger partial charge in [0.05, 0.1) is 22.5 Å². The largest absolute Gasteiger partial charge is 0.439 e. The first-order valence-corrected chi connectivity index (χ1v) is 12.2. The average molecular weight is 448 g/mol. The minimum Gasteiger partial charge on any atom is -0.439 e. The van der Waals surface area contributed by atoms with Crippen molar-refractivity contribution in [3.8, 4) is 23.0 Å². The van der Waals surface area contributed by atoms with Crippen molar-refractivity contribution in [2.45, 2.75) is 18.8 Å². The Hall–Kier alpha value is -3.52. The molecule has 3 heterocycles. The molecule has 0 amide bonds. The first-order valence-electron chi connectivity index (χ1n) is 10.4. The van der Waals surface area contributed by atoms with Crippen LogP contribution in [0.2, 0.25) is 0 Å². The lowest BCUT2D eigenvalue weighted by molar-refractivity contribution is 0.112. The molecule has 0 bridgehead atoms. The first kappa shape index (κ1) is 20.4. The van der Waals surface area contributed by atoms with Crippen LogP contribution in [0.3, 0.4) is 0 Å². The molecule has 1 aliphatic rings. The maximum atomic E-state index is 11.8. The number of aromatic amines is 1. The van der Waals surface area contributed by atoms with Crippen molar-refractivity contribution >= 4 is 27.2 Å². The van der Waals surface area contributed by atoms with Gasteiger partial charge < -0.3 is 9.72 Å². The Labute approximate surface area is 185 Å². The number of aromatic nitrogens is 3. The predicted octanol–water partition coefficient (Wildman–Crippen LogP) is 4.52. The van der Waals surface area contributed by atoms with Crippen molar-refractivity contribution < 1.29 is 17.9 Å². The van der Waals surface area contributed by atoms with Gasteiger partial charge in [-0.25, -0.2) is 18.4 Å². The second kappa shape index (κ2) is 8.20. The van der Waals surface area contributed by atoms with Crippen LogP contribution < -0.4 is 4.74 Å². The second-order valence-electron chi connectivity index (χ2n) is 7.90. The second-order valence-corrected chi connectivity index (χ2v) is 10.2. The van der Waals surface area contributed by atoms with E-state index in [2.05, 4.69) is 15.0 Å². The fraction of sp³-hybridized carbons (Fsp3) is 0.208. The monoisotopic (exact) mass is 447 g/mol. The Bertz CT molecular complexity index is 1360. The molecule has 32 heavy (non-hydrogen) atoms. The van der Waals surface area contributed by atoms with Gasteiger partial charge in [0.15, 0.2) is 6.29 Å². The van der Waals surface area contributed by atoms with E-state index in [9.17, 15) is 13.2 Å². The summed E-state index contributed by atoms with van der Waals surface area (Å²) in [5.74, 6) is 1.98. The number of ether oxygens (including phenoxy) is 1. The molecule has 4 aromatic rings. The molecule has 1 N–H and O–H groups in total. The molecule has 0 radical (unpaired) electrons. The van der Waals surface area contributed by atoms with E-state index < -0.39 is 9.84 Å². The Kier molecular flexibility index (Phi) is 5.22. The third-order valence-electron chi connectivity index (χ3n) is 5.81. The maximum absolute atomic E-state index is 11.8. The molecule has 2 aromatic heterocycles. The van der Waals surface area contributed by atoms with Crippen molar-refractivity contribution in [1.82, 2.24) is 15.0 Å². The van der Waals surface area contributed by atoms with Crippen molar-refractivity contribution in [2.75, 3.05) is 11.5 Å². The number of H-pyrrole nitrogens is 1. The quantitative estimate of drug-likeness (QED) is 0.451. The summed E-state index contributed by atoms with van der Waals surface area (Å²) in [4.78, 5) is 23.9. The number of para-hydroxylation sites is 2. The highest BCUT2D eigenvalue weighted by molar-refractivity contribution is 7.91. The predicted molar refractivity (Wildman–Crippen MR) is 122 cm³/mol. The Morgan fingerprint density at radius 1 is 1.03 bits per heavy atom. The van der Waals surface area contributed by atoms with Crippen molar-refractivity contribution in [1.29, 1.82) is 0 Å². The van der Waals surface area contributed by atoms with E-state index in [1.807, 2.05) is 36.4 Å². The number of carbonyl (C=O) groups excluding carboxylic acids is 1. The number of pyridine rings is 1. The van der Waals surface area contributed by atoms with Crippen molar-refractivity contribution in [3.63, 3.8) is 0 Å². The SMILES string of the molecule is O=Cc1ccc(Oc2ncccc2C2CCS(=O)(=O)CC2)cc1-c1nc2ccccc2[nH]1. The normalized spacial score (nSPS) is 16.1. The molecule has 8 heteroatoms. The van der Waals surface area contributed by atoms with Gasteiger partial charge >= 0.3 is 0 Å². The van der Waals surface area contributed by atoms with Gasteiger partial charge in [-0.15, -0.1) is 0 Å². The van der Waals surface area contributed by atoms with Crippen LogP contribution in [-0.4, -0.2) is 41.2 Å². The zero-order chi connectivity index (χ0) is 22.1. The molecule has 7 nitrogen and oxygen atoms in total. The van der Waals surface area contributed by atoms with E-state index in [1.54, 1.807) is 24.4 Å². The van der Waals surface area contributed by atoms with Crippen LogP contribution in [0.5, 0.6) is 11.6 Å². The smallest absolute Gasteiger partial charge is 0.222 e. The molecule has 2 aromatic carbocycles. The molecule has 0 unspecified atom stereocenters. The average Bonchev–Trinajstić information content (AvgIpc) is 3.24. The summed E-state index contributed by atoms with van der Waals surface area (Å²) in [6.07, 6.45) is 3.55. The zero-order valence-electron chi connectivity index (χ0n) is 17.2. The number of fused-ring (bicyclic) bond motifs is 1. The van der Waals surface area contributed by atoms with E-state index in [-0.39, 0.29) is 17.4 Å². The number of hydrogen-bond donors (Lipinski definition) is 1. The Morgan fingerprint density at radius 2 is 1.84 bits per heavy atom. The minimum atomic E-state index is -2.96. The third-order valence-corrected chi connectivity index (χ3v) is 7.52. The number of aldehydes is 1. The van der Waals surface area contributed by atoms with Gasteiger partial charge in [0.25, 0.3) is 0 Å². The number of hydrogen-bond acceptors (Lipinski definition) is 6. The van der Waals surface area contributed by atoms with Gasteiger partial charge in [0.2, 0.25) is 5.88 Å². The highest BCUT2D eigenvalue weighted by Crippen LogP contribution is 2.36. The number of carbonyl (C=O) groups is 1. The molecular formula is C24H21N3O4S. The van der Waals surface area contributed by atoms with Crippen LogP contribution >= 0.6 is 0 Å². The lowest BCUT2D eigenvalue weighted by Crippen LogP contribution is -2.22. The summed E-state index contributed by atoms with van der Waals surface area (Å²) >= 11 is 0. The van der Waals surface area contributed by atoms with Crippen molar-refractivity contribution in [2.24, 2.45) is 0 Å². The molecule has 0 spiro atoms. The molecule has 0 atom stereocenters. The summed E-state index contributed by atoms with van der Waals surface area (Å²) in [6, 6.07) is 16.6. The van der Waals surface area contributed by atoms with Crippen LogP contribution in [0.1, 0.15) is 34.7 Å². The number of sulfone groups is 1. The van der Waals surface area contributed by atoms with Crippen LogP contribution in [0.4, 0.5) is 0 Å². The van der Waals surface area contributed by atoms with E-state index >= 15 is 0 Å². The molecule has 162 valence electrons. The molecule has 0 aliphatic carbocycles. The molecular weight excluding hydrogens is 426 g/mol. The highest BCUT2D eigenvalue weighted by Gasteiger charge is 2.27. The molecule has 1 saturated heterocycles. The molecule has 1 aliphatic heterocycles. The van der Waals surface area contributed by atoms with E-state index in [0.717, 1.165) is 22.9 Å². The van der Waals surface area contributed by atoms with E-state index in [1.165, 1.54) is 0 Å². The van der Waals surface area contributed by atoms with Crippen molar-refractivity contribution in [3.05, 3.63) is 71.9 Å². The lowest BCUT2D eigenvalue weighted by atomic mass is 9.94. The summed E-state index contributed by atoms with van der Waals surface area (Å²) in [5, 5.41) is 0. The van der Waals surface area contributed by atoms with Gasteiger partial charge in [0, 0.05) is 22.9 Å². The fourth-order valence-electron chi connectivity index (χ4n) is 4.10. The minimum absolute atomic E-state index is 0.0753. The Morgan fingerprint density at radius 3 is 2.62 bits per heavy atom. The fourth-order valence-corrected chi connectivity index (χ4v) is 5.59. The lowest BCUT2D eigenvalue weighted by Gasteiger charge is -2.23. The first-order chi connectivity index (χ1) is 15.5. The molecule has 0 saturated carbocycles. The van der Waals surface area contributed by atoms with Gasteiger partial charge in [-0.3, -0.25) is 4.79 Å². The third kappa shape index (κ3) is 4.01. The van der Waals surface area contributed by atoms with E-state index in [4.69, 9.17) is 4.74 Å². The van der Waals surface area contributed by atoms with Gasteiger partial charge in [-0.05, 0) is 55.2 Å². The summed E-state index contributed by atoms with van der Waals surface area (Å²) in [5.41, 5.74) is 3.71. The Balaban J connectivity index is 1.48. The van der Waals surface area contributed by atoms with Crippen LogP contribution in [0.15, 0.2) is 60.8 Å². The van der Waals surface area contributed by atoms with Gasteiger partial charge in [0.1, 0.15) is 21.4 Å². The van der Waals surface area contributed by atoms with Gasteiger partial charge in [-0.1, -0.05) is 18.2 Å². The number of benzene rings is 2. The number of imidazole rings is 1.